The fraction of sp³-hybridized carbons (Fsp3) is 0.438. The summed E-state index contributed by atoms with van der Waals surface area (Å²) in [6, 6.07) is 8.72. The van der Waals surface area contributed by atoms with Crippen LogP contribution in [0.25, 0.3) is 0 Å². The number of carbonyl (C=O) groups excluding carboxylic acids is 2. The van der Waals surface area contributed by atoms with E-state index in [9.17, 15) is 9.59 Å². The lowest BCUT2D eigenvalue weighted by atomic mass is 9.94. The molecule has 0 saturated carbocycles. The molecule has 2 rings (SSSR count). The fourth-order valence-electron chi connectivity index (χ4n) is 2.50. The third-order valence-corrected chi connectivity index (χ3v) is 3.80. The highest BCUT2D eigenvalue weighted by atomic mass is 16.1. The standard InChI is InChI=1S/C16H18N2O2/c1-2-13-10-18(8-7-15(13)19)11-16(20)14-5-3-12(9-17)4-6-14/h3-6,13H,2,7-8,10-11H2,1H3. The first-order valence-electron chi connectivity index (χ1n) is 6.92. The van der Waals surface area contributed by atoms with E-state index in [-0.39, 0.29) is 11.7 Å². The molecule has 0 aromatic heterocycles. The third kappa shape index (κ3) is 3.31. The van der Waals surface area contributed by atoms with Gasteiger partial charge in [-0.15, -0.1) is 0 Å². The van der Waals surface area contributed by atoms with Gasteiger partial charge >= 0.3 is 0 Å². The number of hydrogen-bond donors (Lipinski definition) is 0. The van der Waals surface area contributed by atoms with Gasteiger partial charge in [-0.25, -0.2) is 0 Å². The topological polar surface area (TPSA) is 61.2 Å². The van der Waals surface area contributed by atoms with Crippen molar-refractivity contribution in [3.05, 3.63) is 35.4 Å². The molecule has 1 fully saturated rings. The number of benzene rings is 1. The average molecular weight is 270 g/mol. The molecule has 1 heterocycles. The Balaban J connectivity index is 1.97. The van der Waals surface area contributed by atoms with Crippen LogP contribution in [0.15, 0.2) is 24.3 Å². The van der Waals surface area contributed by atoms with Crippen LogP contribution in [0.4, 0.5) is 0 Å². The summed E-state index contributed by atoms with van der Waals surface area (Å²) >= 11 is 0. The highest BCUT2D eigenvalue weighted by molar-refractivity contribution is 5.97. The number of likely N-dealkylation sites (tertiary alicyclic amines) is 1. The van der Waals surface area contributed by atoms with Crippen LogP contribution in [-0.4, -0.2) is 36.1 Å². The van der Waals surface area contributed by atoms with Crippen molar-refractivity contribution < 1.29 is 9.59 Å². The van der Waals surface area contributed by atoms with Crippen molar-refractivity contribution in [2.24, 2.45) is 5.92 Å². The highest BCUT2D eigenvalue weighted by Gasteiger charge is 2.26. The number of nitriles is 1. The Kier molecular flexibility index (Phi) is 4.65. The van der Waals surface area contributed by atoms with Crippen LogP contribution in [0.3, 0.4) is 0 Å². The largest absolute Gasteiger partial charge is 0.299 e. The summed E-state index contributed by atoms with van der Waals surface area (Å²) in [6.07, 6.45) is 1.37. The lowest BCUT2D eigenvalue weighted by Crippen LogP contribution is -2.42. The van der Waals surface area contributed by atoms with Gasteiger partial charge in [0.05, 0.1) is 18.2 Å². The molecule has 0 amide bonds. The van der Waals surface area contributed by atoms with E-state index in [1.807, 2.05) is 13.0 Å². The fourth-order valence-corrected chi connectivity index (χ4v) is 2.50. The van der Waals surface area contributed by atoms with Crippen LogP contribution in [0, 0.1) is 17.2 Å². The van der Waals surface area contributed by atoms with Crippen LogP contribution in [0.5, 0.6) is 0 Å². The monoisotopic (exact) mass is 270 g/mol. The van der Waals surface area contributed by atoms with Crippen molar-refractivity contribution in [1.29, 1.82) is 5.26 Å². The van der Waals surface area contributed by atoms with Crippen molar-refractivity contribution in [1.82, 2.24) is 4.90 Å². The Morgan fingerprint density at radius 2 is 2.10 bits per heavy atom. The van der Waals surface area contributed by atoms with E-state index in [0.29, 0.717) is 43.0 Å². The number of carbonyl (C=O) groups is 2. The van der Waals surface area contributed by atoms with Gasteiger partial charge in [-0.1, -0.05) is 19.1 Å². The van der Waals surface area contributed by atoms with Gasteiger partial charge < -0.3 is 0 Å². The van der Waals surface area contributed by atoms with Gasteiger partial charge in [0.2, 0.25) is 0 Å². The summed E-state index contributed by atoms with van der Waals surface area (Å²) in [7, 11) is 0. The SMILES string of the molecule is CCC1CN(CC(=O)c2ccc(C#N)cc2)CCC1=O. The molecule has 104 valence electrons. The van der Waals surface area contributed by atoms with E-state index in [1.165, 1.54) is 0 Å². The molecule has 1 atom stereocenters. The molecule has 1 aliphatic rings. The third-order valence-electron chi connectivity index (χ3n) is 3.80. The number of ketones is 2. The molecular weight excluding hydrogens is 252 g/mol. The Morgan fingerprint density at radius 1 is 1.40 bits per heavy atom. The lowest BCUT2D eigenvalue weighted by Gasteiger charge is -2.30. The minimum absolute atomic E-state index is 0.0405. The Labute approximate surface area is 119 Å². The molecule has 1 aromatic rings. The van der Waals surface area contributed by atoms with Crippen molar-refractivity contribution in [3.8, 4) is 6.07 Å². The summed E-state index contributed by atoms with van der Waals surface area (Å²) < 4.78 is 0. The molecule has 4 heteroatoms. The van der Waals surface area contributed by atoms with E-state index in [1.54, 1.807) is 24.3 Å². The van der Waals surface area contributed by atoms with Gasteiger partial charge in [-0.3, -0.25) is 14.5 Å². The molecule has 20 heavy (non-hydrogen) atoms. The molecule has 0 spiro atoms. The van der Waals surface area contributed by atoms with Crippen LogP contribution < -0.4 is 0 Å². The van der Waals surface area contributed by atoms with Gasteiger partial charge in [0, 0.05) is 31.0 Å². The maximum absolute atomic E-state index is 12.2. The second-order valence-electron chi connectivity index (χ2n) is 5.17. The Morgan fingerprint density at radius 3 is 2.70 bits per heavy atom. The number of nitrogens with zero attached hydrogens (tertiary/aromatic N) is 2. The first-order valence-corrected chi connectivity index (χ1v) is 6.92. The van der Waals surface area contributed by atoms with Crippen molar-refractivity contribution >= 4 is 11.6 Å². The molecule has 0 bridgehead atoms. The van der Waals surface area contributed by atoms with Crippen LogP contribution in [-0.2, 0) is 4.79 Å². The number of piperidine rings is 1. The Hall–Kier alpha value is -1.99. The zero-order chi connectivity index (χ0) is 14.5. The summed E-state index contributed by atoms with van der Waals surface area (Å²) in [5.41, 5.74) is 1.17. The van der Waals surface area contributed by atoms with E-state index in [0.717, 1.165) is 6.42 Å². The molecule has 0 N–H and O–H groups in total. The quantitative estimate of drug-likeness (QED) is 0.785. The normalized spacial score (nSPS) is 19.6. The van der Waals surface area contributed by atoms with Gasteiger partial charge in [-0.05, 0) is 18.6 Å². The number of Topliss-reactive ketones (excluding diaryl/α,β-unsaturated/α-hetero) is 2. The minimum atomic E-state index is 0.0405. The van der Waals surface area contributed by atoms with E-state index in [2.05, 4.69) is 4.90 Å². The lowest BCUT2D eigenvalue weighted by molar-refractivity contribution is -0.126. The summed E-state index contributed by atoms with van der Waals surface area (Å²) in [5.74, 6) is 0.422. The Bertz CT molecular complexity index is 543. The van der Waals surface area contributed by atoms with E-state index in [4.69, 9.17) is 5.26 Å². The van der Waals surface area contributed by atoms with Crippen LogP contribution in [0.2, 0.25) is 0 Å². The van der Waals surface area contributed by atoms with Crippen molar-refractivity contribution in [2.45, 2.75) is 19.8 Å². The highest BCUT2D eigenvalue weighted by Crippen LogP contribution is 2.16. The molecule has 1 aliphatic heterocycles. The van der Waals surface area contributed by atoms with Crippen molar-refractivity contribution in [3.63, 3.8) is 0 Å². The van der Waals surface area contributed by atoms with Crippen molar-refractivity contribution in [2.75, 3.05) is 19.6 Å². The molecular formula is C16H18N2O2. The zero-order valence-corrected chi connectivity index (χ0v) is 11.6. The summed E-state index contributed by atoms with van der Waals surface area (Å²) in [5, 5.41) is 8.73. The van der Waals surface area contributed by atoms with E-state index < -0.39 is 0 Å². The second kappa shape index (κ2) is 6.44. The molecule has 0 aliphatic carbocycles. The smallest absolute Gasteiger partial charge is 0.176 e. The van der Waals surface area contributed by atoms with Gasteiger partial charge in [0.25, 0.3) is 0 Å². The van der Waals surface area contributed by atoms with E-state index >= 15 is 0 Å². The zero-order valence-electron chi connectivity index (χ0n) is 11.6. The average Bonchev–Trinajstić information content (AvgIpc) is 2.49. The second-order valence-corrected chi connectivity index (χ2v) is 5.17. The van der Waals surface area contributed by atoms with Crippen LogP contribution >= 0.6 is 0 Å². The number of rotatable bonds is 4. The summed E-state index contributed by atoms with van der Waals surface area (Å²) in [4.78, 5) is 25.9. The molecule has 1 aromatic carbocycles. The predicted octanol–water partition coefficient (Wildman–Crippen LogP) is 2.04. The molecule has 0 radical (unpaired) electrons. The maximum Gasteiger partial charge on any atom is 0.176 e. The number of hydrogen-bond acceptors (Lipinski definition) is 4. The molecule has 1 saturated heterocycles. The first-order chi connectivity index (χ1) is 9.63. The van der Waals surface area contributed by atoms with Gasteiger partial charge in [0.15, 0.2) is 5.78 Å². The van der Waals surface area contributed by atoms with Crippen LogP contribution in [0.1, 0.15) is 35.7 Å². The van der Waals surface area contributed by atoms with Gasteiger partial charge in [-0.2, -0.15) is 5.26 Å². The molecule has 4 nitrogen and oxygen atoms in total. The first kappa shape index (κ1) is 14.4. The molecule has 1 unspecified atom stereocenters. The summed E-state index contributed by atoms with van der Waals surface area (Å²) in [6.45, 7) is 3.69. The van der Waals surface area contributed by atoms with Gasteiger partial charge in [0.1, 0.15) is 5.78 Å². The predicted molar refractivity (Wildman–Crippen MR) is 75.3 cm³/mol. The minimum Gasteiger partial charge on any atom is -0.299 e. The maximum atomic E-state index is 12.2.